The molecule has 0 saturated carbocycles. The third-order valence-corrected chi connectivity index (χ3v) is 3.15. The number of aryl methyl sites for hydroxylation is 1. The monoisotopic (exact) mass is 305 g/mol. The van der Waals surface area contributed by atoms with Crippen molar-refractivity contribution in [1.29, 1.82) is 0 Å². The molecule has 1 aromatic heterocycles. The number of nitrogens with zero attached hydrogens (tertiary/aromatic N) is 2. The van der Waals surface area contributed by atoms with Crippen LogP contribution < -0.4 is 10.1 Å². The lowest BCUT2D eigenvalue weighted by molar-refractivity contribution is 0.102. The standard InChI is InChI=1S/C18H15N3O2/c1-13-19-11-14(12-20-13)18(22)21-16-9-5-6-10-17(16)23-15-7-3-2-4-8-15/h2-12H,1H3,(H,21,22). The summed E-state index contributed by atoms with van der Waals surface area (Å²) in [5.41, 5.74) is 0.979. The molecule has 0 atom stereocenters. The van der Waals surface area contributed by atoms with Crippen molar-refractivity contribution in [3.63, 3.8) is 0 Å². The smallest absolute Gasteiger partial charge is 0.258 e. The highest BCUT2D eigenvalue weighted by molar-refractivity contribution is 6.04. The predicted molar refractivity (Wildman–Crippen MR) is 87.7 cm³/mol. The van der Waals surface area contributed by atoms with Crippen LogP contribution in [0.1, 0.15) is 16.2 Å². The van der Waals surface area contributed by atoms with Crippen molar-refractivity contribution in [2.24, 2.45) is 0 Å². The minimum atomic E-state index is -0.283. The fraction of sp³-hybridized carbons (Fsp3) is 0.0556. The molecule has 2 aromatic carbocycles. The van der Waals surface area contributed by atoms with Crippen LogP contribution in [-0.4, -0.2) is 15.9 Å². The maximum atomic E-state index is 12.3. The highest BCUT2D eigenvalue weighted by Gasteiger charge is 2.11. The van der Waals surface area contributed by atoms with Gasteiger partial charge >= 0.3 is 0 Å². The predicted octanol–water partition coefficient (Wildman–Crippen LogP) is 3.83. The van der Waals surface area contributed by atoms with Gasteiger partial charge in [0.15, 0.2) is 5.75 Å². The Hall–Kier alpha value is -3.21. The van der Waals surface area contributed by atoms with Crippen molar-refractivity contribution in [2.45, 2.75) is 6.92 Å². The number of aromatic nitrogens is 2. The third kappa shape index (κ3) is 3.71. The summed E-state index contributed by atoms with van der Waals surface area (Å²) >= 11 is 0. The number of para-hydroxylation sites is 3. The number of carbonyl (C=O) groups is 1. The van der Waals surface area contributed by atoms with Crippen LogP contribution in [0.3, 0.4) is 0 Å². The molecule has 5 heteroatoms. The molecule has 0 aliphatic rings. The largest absolute Gasteiger partial charge is 0.455 e. The SMILES string of the molecule is Cc1ncc(C(=O)Nc2ccccc2Oc2ccccc2)cn1. The van der Waals surface area contributed by atoms with E-state index in [4.69, 9.17) is 4.74 Å². The molecule has 0 radical (unpaired) electrons. The van der Waals surface area contributed by atoms with Crippen LogP contribution in [0.5, 0.6) is 11.5 Å². The summed E-state index contributed by atoms with van der Waals surface area (Å²) in [5, 5.41) is 2.82. The lowest BCUT2D eigenvalue weighted by atomic mass is 10.2. The van der Waals surface area contributed by atoms with Crippen LogP contribution >= 0.6 is 0 Å². The zero-order valence-electron chi connectivity index (χ0n) is 12.6. The van der Waals surface area contributed by atoms with Crippen molar-refractivity contribution in [1.82, 2.24) is 9.97 Å². The molecule has 23 heavy (non-hydrogen) atoms. The number of hydrogen-bond donors (Lipinski definition) is 1. The summed E-state index contributed by atoms with van der Waals surface area (Å²) in [4.78, 5) is 20.3. The van der Waals surface area contributed by atoms with E-state index in [-0.39, 0.29) is 5.91 Å². The summed E-state index contributed by atoms with van der Waals surface area (Å²) in [6.45, 7) is 1.77. The molecule has 3 aromatic rings. The second-order valence-electron chi connectivity index (χ2n) is 4.88. The molecular formula is C18H15N3O2. The van der Waals surface area contributed by atoms with Crippen molar-refractivity contribution >= 4 is 11.6 Å². The first-order chi connectivity index (χ1) is 11.2. The van der Waals surface area contributed by atoms with Crippen LogP contribution in [-0.2, 0) is 0 Å². The normalized spacial score (nSPS) is 10.1. The van der Waals surface area contributed by atoms with Gasteiger partial charge in [-0.05, 0) is 31.2 Å². The third-order valence-electron chi connectivity index (χ3n) is 3.15. The zero-order valence-corrected chi connectivity index (χ0v) is 12.6. The summed E-state index contributed by atoms with van der Waals surface area (Å²) in [7, 11) is 0. The fourth-order valence-corrected chi connectivity index (χ4v) is 1.98. The maximum absolute atomic E-state index is 12.3. The summed E-state index contributed by atoms with van der Waals surface area (Å²) in [6, 6.07) is 16.7. The molecule has 0 spiro atoms. The number of rotatable bonds is 4. The average Bonchev–Trinajstić information content (AvgIpc) is 2.58. The van der Waals surface area contributed by atoms with Gasteiger partial charge in [-0.15, -0.1) is 0 Å². The van der Waals surface area contributed by atoms with Gasteiger partial charge in [-0.25, -0.2) is 9.97 Å². The van der Waals surface area contributed by atoms with E-state index in [1.54, 1.807) is 19.1 Å². The Morgan fingerprint density at radius 2 is 1.61 bits per heavy atom. The first kappa shape index (κ1) is 14.7. The van der Waals surface area contributed by atoms with Gasteiger partial charge in [-0.2, -0.15) is 0 Å². The van der Waals surface area contributed by atoms with Crippen molar-refractivity contribution < 1.29 is 9.53 Å². The molecule has 1 N–H and O–H groups in total. The Labute approximate surface area is 134 Å². The van der Waals surface area contributed by atoms with E-state index >= 15 is 0 Å². The Morgan fingerprint density at radius 1 is 0.957 bits per heavy atom. The second-order valence-corrected chi connectivity index (χ2v) is 4.88. The van der Waals surface area contributed by atoms with Gasteiger partial charge in [-0.1, -0.05) is 30.3 Å². The Bertz CT molecular complexity index is 802. The average molecular weight is 305 g/mol. The first-order valence-corrected chi connectivity index (χ1v) is 7.14. The van der Waals surface area contributed by atoms with Crippen molar-refractivity contribution in [3.8, 4) is 11.5 Å². The molecule has 0 unspecified atom stereocenters. The number of ether oxygens (including phenoxy) is 1. The Kier molecular flexibility index (Phi) is 4.29. The molecule has 3 rings (SSSR count). The molecule has 0 aliphatic carbocycles. The summed E-state index contributed by atoms with van der Waals surface area (Å²) in [6.07, 6.45) is 3.00. The van der Waals surface area contributed by atoms with Gasteiger partial charge < -0.3 is 10.1 Å². The van der Waals surface area contributed by atoms with Crippen molar-refractivity contribution in [2.75, 3.05) is 5.32 Å². The molecule has 0 fully saturated rings. The van der Waals surface area contributed by atoms with Gasteiger partial charge in [0.1, 0.15) is 11.6 Å². The molecule has 0 aliphatic heterocycles. The number of carbonyl (C=O) groups excluding carboxylic acids is 1. The topological polar surface area (TPSA) is 64.1 Å². The van der Waals surface area contributed by atoms with Crippen LogP contribution in [0.4, 0.5) is 5.69 Å². The number of nitrogens with one attached hydrogen (secondary N) is 1. The van der Waals surface area contributed by atoms with Crippen LogP contribution in [0.25, 0.3) is 0 Å². The van der Waals surface area contributed by atoms with E-state index in [9.17, 15) is 4.79 Å². The minimum Gasteiger partial charge on any atom is -0.455 e. The van der Waals surface area contributed by atoms with E-state index in [1.165, 1.54) is 12.4 Å². The van der Waals surface area contributed by atoms with E-state index in [2.05, 4.69) is 15.3 Å². The van der Waals surface area contributed by atoms with Crippen LogP contribution in [0.15, 0.2) is 67.0 Å². The molecule has 0 bridgehead atoms. The van der Waals surface area contributed by atoms with E-state index in [1.807, 2.05) is 42.5 Å². The van der Waals surface area contributed by atoms with Crippen LogP contribution in [0.2, 0.25) is 0 Å². The highest BCUT2D eigenvalue weighted by Crippen LogP contribution is 2.29. The second kappa shape index (κ2) is 6.70. The van der Waals surface area contributed by atoms with Gasteiger partial charge in [0.05, 0.1) is 11.3 Å². The summed E-state index contributed by atoms with van der Waals surface area (Å²) < 4.78 is 5.82. The van der Waals surface area contributed by atoms with Crippen molar-refractivity contribution in [3.05, 3.63) is 78.4 Å². The number of benzene rings is 2. The Morgan fingerprint density at radius 3 is 2.35 bits per heavy atom. The first-order valence-electron chi connectivity index (χ1n) is 7.14. The lowest BCUT2D eigenvalue weighted by Crippen LogP contribution is -2.13. The fourth-order valence-electron chi connectivity index (χ4n) is 1.98. The molecule has 0 saturated heterocycles. The minimum absolute atomic E-state index is 0.283. The number of hydrogen-bond acceptors (Lipinski definition) is 4. The van der Waals surface area contributed by atoms with Gasteiger partial charge in [0.25, 0.3) is 5.91 Å². The summed E-state index contributed by atoms with van der Waals surface area (Å²) in [5.74, 6) is 1.61. The number of amides is 1. The number of anilines is 1. The molecule has 5 nitrogen and oxygen atoms in total. The molecular weight excluding hydrogens is 290 g/mol. The zero-order chi connectivity index (χ0) is 16.1. The Balaban J connectivity index is 1.80. The van der Waals surface area contributed by atoms with E-state index < -0.39 is 0 Å². The highest BCUT2D eigenvalue weighted by atomic mass is 16.5. The van der Waals surface area contributed by atoms with E-state index in [0.29, 0.717) is 28.6 Å². The molecule has 1 amide bonds. The van der Waals surface area contributed by atoms with Crippen LogP contribution in [0, 0.1) is 6.92 Å². The quantitative estimate of drug-likeness (QED) is 0.795. The molecule has 114 valence electrons. The van der Waals surface area contributed by atoms with Gasteiger partial charge in [0, 0.05) is 12.4 Å². The maximum Gasteiger partial charge on any atom is 0.258 e. The lowest BCUT2D eigenvalue weighted by Gasteiger charge is -2.12. The van der Waals surface area contributed by atoms with E-state index in [0.717, 1.165) is 0 Å². The van der Waals surface area contributed by atoms with Gasteiger partial charge in [-0.3, -0.25) is 4.79 Å². The molecule has 1 heterocycles. The van der Waals surface area contributed by atoms with Gasteiger partial charge in [0.2, 0.25) is 0 Å².